The van der Waals surface area contributed by atoms with Crippen LogP contribution in [0.2, 0.25) is 5.15 Å². The van der Waals surface area contributed by atoms with Crippen LogP contribution < -0.4 is 5.32 Å². The summed E-state index contributed by atoms with van der Waals surface area (Å²) in [5, 5.41) is 4.33. The van der Waals surface area contributed by atoms with Crippen LogP contribution in [0.3, 0.4) is 0 Å². The molecule has 1 unspecified atom stereocenters. The van der Waals surface area contributed by atoms with Crippen LogP contribution in [-0.4, -0.2) is 28.0 Å². The van der Waals surface area contributed by atoms with Crippen molar-refractivity contribution in [1.82, 2.24) is 9.97 Å². The first kappa shape index (κ1) is 14.6. The van der Waals surface area contributed by atoms with E-state index in [0.29, 0.717) is 10.4 Å². The van der Waals surface area contributed by atoms with Crippen molar-refractivity contribution in [3.05, 3.63) is 17.0 Å². The first-order valence-electron chi connectivity index (χ1n) is 5.64. The van der Waals surface area contributed by atoms with Crippen molar-refractivity contribution in [3.8, 4) is 0 Å². The standard InChI is InChI=1S/C12H20ClN3S/c1-8(17-5)7-14-10-6-9(13)15-11(16-10)12(2,3)4/h6,8H,7H2,1-5H3,(H,14,15,16). The molecule has 0 saturated carbocycles. The summed E-state index contributed by atoms with van der Waals surface area (Å²) in [5.74, 6) is 1.57. The van der Waals surface area contributed by atoms with E-state index in [0.717, 1.165) is 18.2 Å². The van der Waals surface area contributed by atoms with E-state index < -0.39 is 0 Å². The highest BCUT2D eigenvalue weighted by Crippen LogP contribution is 2.22. The highest BCUT2D eigenvalue weighted by Gasteiger charge is 2.18. The Morgan fingerprint density at radius 3 is 2.59 bits per heavy atom. The molecule has 1 rings (SSSR count). The van der Waals surface area contributed by atoms with Crippen molar-refractivity contribution in [2.24, 2.45) is 0 Å². The molecule has 1 atom stereocenters. The third-order valence-electron chi connectivity index (χ3n) is 2.34. The molecule has 17 heavy (non-hydrogen) atoms. The molecule has 5 heteroatoms. The number of hydrogen-bond acceptors (Lipinski definition) is 4. The van der Waals surface area contributed by atoms with Gasteiger partial charge >= 0.3 is 0 Å². The summed E-state index contributed by atoms with van der Waals surface area (Å²) in [7, 11) is 0. The van der Waals surface area contributed by atoms with Gasteiger partial charge in [-0.2, -0.15) is 11.8 Å². The Balaban J connectivity index is 2.83. The lowest BCUT2D eigenvalue weighted by atomic mass is 9.96. The molecular formula is C12H20ClN3S. The average molecular weight is 274 g/mol. The average Bonchev–Trinajstić information content (AvgIpc) is 2.24. The fraction of sp³-hybridized carbons (Fsp3) is 0.667. The molecule has 0 aromatic carbocycles. The Morgan fingerprint density at radius 2 is 2.06 bits per heavy atom. The van der Waals surface area contributed by atoms with E-state index in [1.54, 1.807) is 6.07 Å². The zero-order valence-corrected chi connectivity index (χ0v) is 12.6. The zero-order chi connectivity index (χ0) is 13.1. The van der Waals surface area contributed by atoms with Gasteiger partial charge in [0, 0.05) is 23.3 Å². The van der Waals surface area contributed by atoms with E-state index in [2.05, 4.69) is 49.2 Å². The Hall–Kier alpha value is -0.480. The third-order valence-corrected chi connectivity index (χ3v) is 3.50. The number of anilines is 1. The highest BCUT2D eigenvalue weighted by molar-refractivity contribution is 7.99. The van der Waals surface area contributed by atoms with E-state index in [-0.39, 0.29) is 5.41 Å². The minimum Gasteiger partial charge on any atom is -0.369 e. The monoisotopic (exact) mass is 273 g/mol. The van der Waals surface area contributed by atoms with Crippen LogP contribution in [0.4, 0.5) is 5.82 Å². The van der Waals surface area contributed by atoms with Gasteiger partial charge in [-0.3, -0.25) is 0 Å². The second-order valence-corrected chi connectivity index (χ2v) is 6.74. The number of thioether (sulfide) groups is 1. The molecule has 0 amide bonds. The van der Waals surface area contributed by atoms with Crippen molar-refractivity contribution in [1.29, 1.82) is 0 Å². The first-order valence-corrected chi connectivity index (χ1v) is 7.31. The summed E-state index contributed by atoms with van der Waals surface area (Å²) in [6.45, 7) is 9.27. The quantitative estimate of drug-likeness (QED) is 0.851. The molecule has 1 aromatic rings. The van der Waals surface area contributed by atoms with Crippen molar-refractivity contribution >= 4 is 29.2 Å². The van der Waals surface area contributed by atoms with Gasteiger partial charge in [-0.1, -0.05) is 39.3 Å². The van der Waals surface area contributed by atoms with Crippen LogP contribution in [-0.2, 0) is 5.41 Å². The summed E-state index contributed by atoms with van der Waals surface area (Å²) in [4.78, 5) is 8.76. The number of aromatic nitrogens is 2. The van der Waals surface area contributed by atoms with Crippen molar-refractivity contribution in [2.45, 2.75) is 38.4 Å². The minimum absolute atomic E-state index is 0.0908. The van der Waals surface area contributed by atoms with Gasteiger partial charge in [-0.15, -0.1) is 0 Å². The fourth-order valence-electron chi connectivity index (χ4n) is 1.18. The van der Waals surface area contributed by atoms with Crippen LogP contribution >= 0.6 is 23.4 Å². The smallest absolute Gasteiger partial charge is 0.137 e. The number of nitrogens with one attached hydrogen (secondary N) is 1. The molecule has 1 heterocycles. The lowest BCUT2D eigenvalue weighted by Gasteiger charge is -2.18. The maximum atomic E-state index is 6.01. The van der Waals surface area contributed by atoms with Gasteiger partial charge in [0.1, 0.15) is 16.8 Å². The maximum absolute atomic E-state index is 6.01. The zero-order valence-electron chi connectivity index (χ0n) is 11.0. The third kappa shape index (κ3) is 4.72. The highest BCUT2D eigenvalue weighted by atomic mass is 35.5. The van der Waals surface area contributed by atoms with E-state index in [4.69, 9.17) is 11.6 Å². The summed E-state index contributed by atoms with van der Waals surface area (Å²) < 4.78 is 0. The van der Waals surface area contributed by atoms with Crippen LogP contribution in [0.1, 0.15) is 33.5 Å². The molecule has 0 fully saturated rings. The molecule has 3 nitrogen and oxygen atoms in total. The van der Waals surface area contributed by atoms with Gasteiger partial charge in [0.2, 0.25) is 0 Å². The van der Waals surface area contributed by atoms with Gasteiger partial charge in [0.05, 0.1) is 0 Å². The molecule has 0 saturated heterocycles. The number of nitrogens with zero attached hydrogens (tertiary/aromatic N) is 2. The maximum Gasteiger partial charge on any atom is 0.137 e. The summed E-state index contributed by atoms with van der Waals surface area (Å²) in [6.07, 6.45) is 2.10. The topological polar surface area (TPSA) is 37.8 Å². The lowest BCUT2D eigenvalue weighted by molar-refractivity contribution is 0.546. The van der Waals surface area contributed by atoms with Crippen LogP contribution in [0, 0.1) is 0 Å². The van der Waals surface area contributed by atoms with Gasteiger partial charge in [-0.05, 0) is 6.26 Å². The van der Waals surface area contributed by atoms with Gasteiger partial charge in [0.25, 0.3) is 0 Å². The van der Waals surface area contributed by atoms with Crippen molar-refractivity contribution < 1.29 is 0 Å². The molecule has 0 spiro atoms. The number of halogens is 1. The molecule has 0 aliphatic carbocycles. The molecular weight excluding hydrogens is 254 g/mol. The lowest BCUT2D eigenvalue weighted by Crippen LogP contribution is -2.19. The Bertz CT molecular complexity index is 377. The summed E-state index contributed by atoms with van der Waals surface area (Å²) in [5.41, 5.74) is -0.0908. The van der Waals surface area contributed by atoms with Crippen LogP contribution in [0.15, 0.2) is 6.07 Å². The van der Waals surface area contributed by atoms with E-state index >= 15 is 0 Å². The van der Waals surface area contributed by atoms with Gasteiger partial charge in [0.15, 0.2) is 0 Å². The predicted molar refractivity (Wildman–Crippen MR) is 77.2 cm³/mol. The van der Waals surface area contributed by atoms with E-state index in [9.17, 15) is 0 Å². The van der Waals surface area contributed by atoms with E-state index in [1.807, 2.05) is 11.8 Å². The molecule has 1 aromatic heterocycles. The second kappa shape index (κ2) is 5.91. The van der Waals surface area contributed by atoms with E-state index in [1.165, 1.54) is 0 Å². The Kier molecular flexibility index (Phi) is 5.07. The molecule has 0 aliphatic rings. The Morgan fingerprint density at radius 1 is 1.41 bits per heavy atom. The normalized spacial score (nSPS) is 13.5. The summed E-state index contributed by atoms with van der Waals surface area (Å²) >= 11 is 7.83. The first-order chi connectivity index (χ1) is 7.82. The SMILES string of the molecule is CSC(C)CNc1cc(Cl)nc(C(C)(C)C)n1. The van der Waals surface area contributed by atoms with Gasteiger partial charge in [-0.25, -0.2) is 9.97 Å². The largest absolute Gasteiger partial charge is 0.369 e. The molecule has 0 aliphatic heterocycles. The van der Waals surface area contributed by atoms with Crippen LogP contribution in [0.5, 0.6) is 0 Å². The fourth-order valence-corrected chi connectivity index (χ4v) is 1.61. The second-order valence-electron chi connectivity index (χ2n) is 5.08. The minimum atomic E-state index is -0.0908. The van der Waals surface area contributed by atoms with Gasteiger partial charge < -0.3 is 5.32 Å². The Labute approximate surface area is 113 Å². The molecule has 96 valence electrons. The number of hydrogen-bond donors (Lipinski definition) is 1. The van der Waals surface area contributed by atoms with Crippen LogP contribution in [0.25, 0.3) is 0 Å². The number of rotatable bonds is 4. The predicted octanol–water partition coefficient (Wildman–Crippen LogP) is 3.59. The molecule has 0 bridgehead atoms. The van der Waals surface area contributed by atoms with Crippen molar-refractivity contribution in [3.63, 3.8) is 0 Å². The molecule has 0 radical (unpaired) electrons. The summed E-state index contributed by atoms with van der Waals surface area (Å²) in [6, 6.07) is 1.77. The van der Waals surface area contributed by atoms with Crippen molar-refractivity contribution in [2.75, 3.05) is 18.1 Å². The molecule has 1 N–H and O–H groups in total.